The summed E-state index contributed by atoms with van der Waals surface area (Å²) in [6, 6.07) is 11.7. The van der Waals surface area contributed by atoms with E-state index in [-0.39, 0.29) is 11.8 Å². The van der Waals surface area contributed by atoms with Crippen molar-refractivity contribution in [2.45, 2.75) is 19.8 Å². The molecule has 1 aromatic carbocycles. The number of carbonyl (C=O) groups excluding carboxylic acids is 1. The Labute approximate surface area is 140 Å². The molecule has 24 heavy (non-hydrogen) atoms. The van der Waals surface area contributed by atoms with Gasteiger partial charge in [-0.2, -0.15) is 0 Å². The van der Waals surface area contributed by atoms with E-state index in [0.29, 0.717) is 11.3 Å². The molecule has 0 aliphatic heterocycles. The van der Waals surface area contributed by atoms with Crippen molar-refractivity contribution in [1.29, 1.82) is 0 Å². The number of carbonyl (C=O) groups is 1. The van der Waals surface area contributed by atoms with Crippen LogP contribution in [0.2, 0.25) is 0 Å². The van der Waals surface area contributed by atoms with E-state index in [1.165, 1.54) is 0 Å². The summed E-state index contributed by atoms with van der Waals surface area (Å²) in [5.41, 5.74) is 3.00. The molecule has 1 amide bonds. The lowest BCUT2D eigenvalue weighted by Gasteiger charge is -2.11. The molecular weight excluding hydrogens is 300 g/mol. The zero-order valence-corrected chi connectivity index (χ0v) is 13.6. The number of rotatable bonds is 4. The molecule has 0 unspecified atom stereocenters. The summed E-state index contributed by atoms with van der Waals surface area (Å²) in [5.74, 6) is 0.693. The van der Waals surface area contributed by atoms with Gasteiger partial charge in [0.15, 0.2) is 0 Å². The van der Waals surface area contributed by atoms with Crippen LogP contribution >= 0.6 is 0 Å². The van der Waals surface area contributed by atoms with Crippen LogP contribution < -0.4 is 5.32 Å². The summed E-state index contributed by atoms with van der Waals surface area (Å²) >= 11 is 0. The standard InChI is InChI=1S/C19H18N4O/c1-13(2)18-21-10-15(11-22-18)19(24)23-17-12-20-9-8-16(17)14-6-4-3-5-7-14/h3-13H,1-2H3,(H,23,24). The Kier molecular flexibility index (Phi) is 4.61. The van der Waals surface area contributed by atoms with Gasteiger partial charge in [-0.05, 0) is 11.6 Å². The molecule has 5 heteroatoms. The first kappa shape index (κ1) is 15.8. The number of benzene rings is 1. The maximum atomic E-state index is 12.5. The zero-order valence-electron chi connectivity index (χ0n) is 13.6. The second-order valence-corrected chi connectivity index (χ2v) is 5.73. The topological polar surface area (TPSA) is 67.8 Å². The molecule has 0 aliphatic rings. The molecule has 120 valence electrons. The number of nitrogens with one attached hydrogen (secondary N) is 1. The largest absolute Gasteiger partial charge is 0.320 e. The third-order valence-electron chi connectivity index (χ3n) is 3.60. The highest BCUT2D eigenvalue weighted by Gasteiger charge is 2.12. The highest BCUT2D eigenvalue weighted by Crippen LogP contribution is 2.27. The first-order valence-electron chi connectivity index (χ1n) is 7.78. The molecule has 5 nitrogen and oxygen atoms in total. The molecule has 2 heterocycles. The summed E-state index contributed by atoms with van der Waals surface area (Å²) in [6.07, 6.45) is 6.45. The Balaban J connectivity index is 1.85. The molecule has 0 saturated carbocycles. The van der Waals surface area contributed by atoms with Crippen molar-refractivity contribution >= 4 is 11.6 Å². The summed E-state index contributed by atoms with van der Waals surface area (Å²) < 4.78 is 0. The Morgan fingerprint density at radius 3 is 2.38 bits per heavy atom. The van der Waals surface area contributed by atoms with Crippen LogP contribution in [0.1, 0.15) is 35.9 Å². The van der Waals surface area contributed by atoms with Gasteiger partial charge in [-0.3, -0.25) is 9.78 Å². The van der Waals surface area contributed by atoms with Crippen molar-refractivity contribution in [3.8, 4) is 11.1 Å². The normalized spacial score (nSPS) is 10.6. The average molecular weight is 318 g/mol. The number of hydrogen-bond acceptors (Lipinski definition) is 4. The van der Waals surface area contributed by atoms with Gasteiger partial charge in [0.05, 0.1) is 17.4 Å². The van der Waals surface area contributed by atoms with Crippen molar-refractivity contribution in [3.05, 3.63) is 72.6 Å². The minimum atomic E-state index is -0.254. The van der Waals surface area contributed by atoms with Gasteiger partial charge in [0.25, 0.3) is 5.91 Å². The van der Waals surface area contributed by atoms with Gasteiger partial charge in [0, 0.05) is 30.1 Å². The Morgan fingerprint density at radius 1 is 1.00 bits per heavy atom. The Morgan fingerprint density at radius 2 is 1.71 bits per heavy atom. The molecule has 0 fully saturated rings. The molecule has 3 rings (SSSR count). The molecule has 0 atom stereocenters. The molecule has 0 aliphatic carbocycles. The highest BCUT2D eigenvalue weighted by molar-refractivity contribution is 6.05. The van der Waals surface area contributed by atoms with Crippen LogP contribution in [-0.2, 0) is 0 Å². The summed E-state index contributed by atoms with van der Waals surface area (Å²) in [4.78, 5) is 25.0. The van der Waals surface area contributed by atoms with Crippen LogP contribution in [0.15, 0.2) is 61.2 Å². The first-order valence-corrected chi connectivity index (χ1v) is 7.78. The van der Waals surface area contributed by atoms with Crippen LogP contribution in [-0.4, -0.2) is 20.9 Å². The van der Waals surface area contributed by atoms with E-state index in [1.54, 1.807) is 24.8 Å². The quantitative estimate of drug-likeness (QED) is 0.792. The maximum absolute atomic E-state index is 12.5. The number of aromatic nitrogens is 3. The number of hydrogen-bond donors (Lipinski definition) is 1. The van der Waals surface area contributed by atoms with E-state index in [9.17, 15) is 4.79 Å². The molecule has 1 N–H and O–H groups in total. The maximum Gasteiger partial charge on any atom is 0.258 e. The van der Waals surface area contributed by atoms with E-state index in [0.717, 1.165) is 17.0 Å². The Hall–Kier alpha value is -3.08. The van der Waals surface area contributed by atoms with Crippen molar-refractivity contribution in [2.75, 3.05) is 5.32 Å². The van der Waals surface area contributed by atoms with Gasteiger partial charge in [0.2, 0.25) is 0 Å². The van der Waals surface area contributed by atoms with Gasteiger partial charge >= 0.3 is 0 Å². The van der Waals surface area contributed by atoms with E-state index in [1.807, 2.05) is 50.2 Å². The van der Waals surface area contributed by atoms with Crippen molar-refractivity contribution in [3.63, 3.8) is 0 Å². The fourth-order valence-electron chi connectivity index (χ4n) is 2.31. The summed E-state index contributed by atoms with van der Waals surface area (Å²) in [6.45, 7) is 4.02. The average Bonchev–Trinajstić information content (AvgIpc) is 2.63. The lowest BCUT2D eigenvalue weighted by Crippen LogP contribution is -2.14. The van der Waals surface area contributed by atoms with Gasteiger partial charge in [-0.25, -0.2) is 9.97 Å². The zero-order chi connectivity index (χ0) is 16.9. The van der Waals surface area contributed by atoms with Crippen LogP contribution in [0.3, 0.4) is 0 Å². The van der Waals surface area contributed by atoms with Crippen LogP contribution in [0.25, 0.3) is 11.1 Å². The Bertz CT molecular complexity index is 830. The SMILES string of the molecule is CC(C)c1ncc(C(=O)Nc2cnccc2-c2ccccc2)cn1. The molecule has 0 bridgehead atoms. The van der Waals surface area contributed by atoms with Gasteiger partial charge < -0.3 is 5.32 Å². The fourth-order valence-corrected chi connectivity index (χ4v) is 2.31. The number of nitrogens with zero attached hydrogens (tertiary/aromatic N) is 3. The van der Waals surface area contributed by atoms with Gasteiger partial charge in [0.1, 0.15) is 5.82 Å². The third kappa shape index (κ3) is 3.46. The van der Waals surface area contributed by atoms with E-state index < -0.39 is 0 Å². The molecule has 0 saturated heterocycles. The monoisotopic (exact) mass is 318 g/mol. The van der Waals surface area contributed by atoms with Crippen LogP contribution in [0.5, 0.6) is 0 Å². The van der Waals surface area contributed by atoms with Crippen molar-refractivity contribution < 1.29 is 4.79 Å². The number of pyridine rings is 1. The van der Waals surface area contributed by atoms with E-state index in [2.05, 4.69) is 20.3 Å². The van der Waals surface area contributed by atoms with Gasteiger partial charge in [-0.15, -0.1) is 0 Å². The lowest BCUT2D eigenvalue weighted by atomic mass is 10.1. The summed E-state index contributed by atoms with van der Waals surface area (Å²) in [5, 5.41) is 2.89. The van der Waals surface area contributed by atoms with E-state index in [4.69, 9.17) is 0 Å². The molecule has 0 spiro atoms. The second-order valence-electron chi connectivity index (χ2n) is 5.73. The summed E-state index contributed by atoms with van der Waals surface area (Å²) in [7, 11) is 0. The second kappa shape index (κ2) is 7.00. The predicted molar refractivity (Wildman–Crippen MR) is 93.7 cm³/mol. The van der Waals surface area contributed by atoms with Crippen molar-refractivity contribution in [1.82, 2.24) is 15.0 Å². The van der Waals surface area contributed by atoms with Crippen LogP contribution in [0, 0.1) is 0 Å². The number of amides is 1. The number of anilines is 1. The van der Waals surface area contributed by atoms with Crippen molar-refractivity contribution in [2.24, 2.45) is 0 Å². The van der Waals surface area contributed by atoms with E-state index >= 15 is 0 Å². The third-order valence-corrected chi connectivity index (χ3v) is 3.60. The smallest absolute Gasteiger partial charge is 0.258 e. The molecule has 3 aromatic rings. The predicted octanol–water partition coefficient (Wildman–Crippen LogP) is 3.91. The van der Waals surface area contributed by atoms with Gasteiger partial charge in [-0.1, -0.05) is 44.2 Å². The minimum Gasteiger partial charge on any atom is -0.320 e. The minimum absolute atomic E-state index is 0.227. The highest BCUT2D eigenvalue weighted by atomic mass is 16.1. The first-order chi connectivity index (χ1) is 11.6. The lowest BCUT2D eigenvalue weighted by molar-refractivity contribution is 0.102. The fraction of sp³-hybridized carbons (Fsp3) is 0.158. The van der Waals surface area contributed by atoms with Crippen LogP contribution in [0.4, 0.5) is 5.69 Å². The molecule has 2 aromatic heterocycles. The molecular formula is C19H18N4O. The molecule has 0 radical (unpaired) electrons.